The fraction of sp³-hybridized carbons (Fsp3) is 0.462. The smallest absolute Gasteiger partial charge is 0.294 e. The number of aliphatic hydroxyl groups excluding tert-OH is 1. The standard InChI is InChI=1S/C13H15N3O3S/c1-8-14-10-5-11(15-4-2-3-9(15)7-17)12(16(18)19)6-13(10)20-8/h5-6,9,17H,2-4,7H2,1H3. The lowest BCUT2D eigenvalue weighted by atomic mass is 10.2. The highest BCUT2D eigenvalue weighted by Crippen LogP contribution is 2.38. The molecule has 0 bridgehead atoms. The van der Waals surface area contributed by atoms with Gasteiger partial charge >= 0.3 is 0 Å². The normalized spacial score (nSPS) is 18.9. The molecule has 1 aromatic heterocycles. The number of aliphatic hydroxyl groups is 1. The van der Waals surface area contributed by atoms with Crippen LogP contribution in [0, 0.1) is 17.0 Å². The van der Waals surface area contributed by atoms with Crippen molar-refractivity contribution >= 4 is 32.9 Å². The number of hydrogen-bond acceptors (Lipinski definition) is 6. The Labute approximate surface area is 119 Å². The number of nitrogens with zero attached hydrogens (tertiary/aromatic N) is 3. The summed E-state index contributed by atoms with van der Waals surface area (Å²) in [5, 5.41) is 21.6. The monoisotopic (exact) mass is 293 g/mol. The molecule has 106 valence electrons. The van der Waals surface area contributed by atoms with E-state index >= 15 is 0 Å². The number of nitro groups is 1. The maximum absolute atomic E-state index is 11.3. The Hall–Kier alpha value is -1.73. The fourth-order valence-corrected chi connectivity index (χ4v) is 3.63. The summed E-state index contributed by atoms with van der Waals surface area (Å²) in [6, 6.07) is 3.35. The first-order valence-electron chi connectivity index (χ1n) is 6.53. The van der Waals surface area contributed by atoms with Crippen LogP contribution in [0.4, 0.5) is 11.4 Å². The van der Waals surface area contributed by atoms with E-state index in [1.54, 1.807) is 12.1 Å². The quantitative estimate of drug-likeness (QED) is 0.694. The summed E-state index contributed by atoms with van der Waals surface area (Å²) < 4.78 is 0.831. The molecule has 3 rings (SSSR count). The van der Waals surface area contributed by atoms with Crippen LogP contribution in [0.2, 0.25) is 0 Å². The third-order valence-corrected chi connectivity index (χ3v) is 4.62. The van der Waals surface area contributed by atoms with E-state index < -0.39 is 0 Å². The topological polar surface area (TPSA) is 79.5 Å². The van der Waals surface area contributed by atoms with Crippen molar-refractivity contribution in [1.82, 2.24) is 4.98 Å². The summed E-state index contributed by atoms with van der Waals surface area (Å²) in [4.78, 5) is 17.3. The molecule has 1 aliphatic heterocycles. The molecule has 0 saturated carbocycles. The molecule has 0 radical (unpaired) electrons. The van der Waals surface area contributed by atoms with Crippen LogP contribution in [-0.2, 0) is 0 Å². The molecule has 6 nitrogen and oxygen atoms in total. The van der Waals surface area contributed by atoms with Crippen LogP contribution in [0.25, 0.3) is 10.2 Å². The molecule has 1 unspecified atom stereocenters. The first kappa shape index (κ1) is 13.3. The van der Waals surface area contributed by atoms with Gasteiger partial charge in [0.2, 0.25) is 0 Å². The number of rotatable bonds is 3. The third kappa shape index (κ3) is 2.12. The zero-order valence-electron chi connectivity index (χ0n) is 11.1. The number of aryl methyl sites for hydroxylation is 1. The second kappa shape index (κ2) is 4.99. The summed E-state index contributed by atoms with van der Waals surface area (Å²) in [5.74, 6) is 0. The van der Waals surface area contributed by atoms with E-state index in [9.17, 15) is 15.2 Å². The van der Waals surface area contributed by atoms with Crippen molar-refractivity contribution in [2.24, 2.45) is 0 Å². The lowest BCUT2D eigenvalue weighted by Crippen LogP contribution is -2.32. The molecule has 1 fully saturated rings. The predicted molar refractivity (Wildman–Crippen MR) is 78.5 cm³/mol. The molecule has 7 heteroatoms. The minimum absolute atomic E-state index is 0.0191. The van der Waals surface area contributed by atoms with Crippen LogP contribution in [0.5, 0.6) is 0 Å². The second-order valence-electron chi connectivity index (χ2n) is 4.97. The molecule has 1 N–H and O–H groups in total. The number of aromatic nitrogens is 1. The largest absolute Gasteiger partial charge is 0.394 e. The molecule has 1 aromatic carbocycles. The van der Waals surface area contributed by atoms with E-state index in [4.69, 9.17) is 0 Å². The van der Waals surface area contributed by atoms with E-state index in [-0.39, 0.29) is 23.3 Å². The van der Waals surface area contributed by atoms with Crippen molar-refractivity contribution in [3.05, 3.63) is 27.3 Å². The molecular weight excluding hydrogens is 278 g/mol. The summed E-state index contributed by atoms with van der Waals surface area (Å²) in [6.07, 6.45) is 1.80. The van der Waals surface area contributed by atoms with E-state index in [0.717, 1.165) is 34.6 Å². The van der Waals surface area contributed by atoms with Crippen molar-refractivity contribution in [1.29, 1.82) is 0 Å². The Morgan fingerprint density at radius 1 is 1.60 bits per heavy atom. The number of fused-ring (bicyclic) bond motifs is 1. The first-order valence-corrected chi connectivity index (χ1v) is 7.35. The van der Waals surface area contributed by atoms with Gasteiger partial charge in [-0.25, -0.2) is 4.98 Å². The lowest BCUT2D eigenvalue weighted by Gasteiger charge is -2.24. The predicted octanol–water partition coefficient (Wildman–Crippen LogP) is 2.47. The Balaban J connectivity index is 2.16. The van der Waals surface area contributed by atoms with Gasteiger partial charge in [-0.3, -0.25) is 10.1 Å². The maximum Gasteiger partial charge on any atom is 0.294 e. The maximum atomic E-state index is 11.3. The van der Waals surface area contributed by atoms with Gasteiger partial charge in [0.15, 0.2) is 0 Å². The van der Waals surface area contributed by atoms with Crippen LogP contribution in [0.1, 0.15) is 17.8 Å². The minimum Gasteiger partial charge on any atom is -0.394 e. The zero-order valence-corrected chi connectivity index (χ0v) is 11.9. The van der Waals surface area contributed by atoms with Crippen LogP contribution in [-0.4, -0.2) is 34.2 Å². The summed E-state index contributed by atoms with van der Waals surface area (Å²) in [6.45, 7) is 2.65. The Morgan fingerprint density at radius 2 is 2.40 bits per heavy atom. The SMILES string of the molecule is Cc1nc2cc(N3CCCC3CO)c([N+](=O)[O-])cc2s1. The van der Waals surface area contributed by atoms with Gasteiger partial charge in [-0.1, -0.05) is 0 Å². The molecule has 1 aliphatic rings. The van der Waals surface area contributed by atoms with Crippen LogP contribution in [0.15, 0.2) is 12.1 Å². The summed E-state index contributed by atoms with van der Waals surface area (Å²) in [7, 11) is 0. The molecule has 1 atom stereocenters. The molecule has 2 aromatic rings. The van der Waals surface area contributed by atoms with Crippen molar-refractivity contribution < 1.29 is 10.0 Å². The molecule has 20 heavy (non-hydrogen) atoms. The summed E-state index contributed by atoms with van der Waals surface area (Å²) in [5.41, 5.74) is 1.46. The Bertz CT molecular complexity index is 670. The fourth-order valence-electron chi connectivity index (χ4n) is 2.79. The van der Waals surface area contributed by atoms with E-state index in [1.165, 1.54) is 11.3 Å². The van der Waals surface area contributed by atoms with Crippen molar-refractivity contribution in [3.63, 3.8) is 0 Å². The molecule has 2 heterocycles. The van der Waals surface area contributed by atoms with Crippen LogP contribution >= 0.6 is 11.3 Å². The second-order valence-corrected chi connectivity index (χ2v) is 6.21. The molecular formula is C13H15N3O3S. The van der Waals surface area contributed by atoms with Crippen LogP contribution in [0.3, 0.4) is 0 Å². The van der Waals surface area contributed by atoms with Crippen LogP contribution < -0.4 is 4.90 Å². The van der Waals surface area contributed by atoms with E-state index in [2.05, 4.69) is 4.98 Å². The van der Waals surface area contributed by atoms with Gasteiger partial charge in [0.1, 0.15) is 5.69 Å². The highest BCUT2D eigenvalue weighted by molar-refractivity contribution is 7.18. The van der Waals surface area contributed by atoms with E-state index in [0.29, 0.717) is 5.69 Å². The van der Waals surface area contributed by atoms with Gasteiger partial charge in [-0.2, -0.15) is 0 Å². The van der Waals surface area contributed by atoms with Gasteiger partial charge in [0.25, 0.3) is 5.69 Å². The van der Waals surface area contributed by atoms with Crippen molar-refractivity contribution in [2.45, 2.75) is 25.8 Å². The third-order valence-electron chi connectivity index (χ3n) is 3.69. The molecule has 0 amide bonds. The number of anilines is 1. The van der Waals surface area contributed by atoms with Gasteiger partial charge in [-0.15, -0.1) is 11.3 Å². The number of hydrogen-bond donors (Lipinski definition) is 1. The summed E-state index contributed by atoms with van der Waals surface area (Å²) >= 11 is 1.46. The first-order chi connectivity index (χ1) is 9.60. The van der Waals surface area contributed by atoms with Gasteiger partial charge in [-0.05, 0) is 25.8 Å². The van der Waals surface area contributed by atoms with Gasteiger partial charge in [0.05, 0.1) is 32.8 Å². The van der Waals surface area contributed by atoms with Crippen molar-refractivity contribution in [2.75, 3.05) is 18.1 Å². The van der Waals surface area contributed by atoms with E-state index in [1.807, 2.05) is 11.8 Å². The zero-order chi connectivity index (χ0) is 14.3. The van der Waals surface area contributed by atoms with Crippen molar-refractivity contribution in [3.8, 4) is 0 Å². The highest BCUT2D eigenvalue weighted by Gasteiger charge is 2.30. The average molecular weight is 293 g/mol. The molecule has 0 aliphatic carbocycles. The molecule has 1 saturated heterocycles. The van der Waals surface area contributed by atoms with Gasteiger partial charge in [0, 0.05) is 12.6 Å². The Morgan fingerprint density at radius 3 is 3.10 bits per heavy atom. The number of benzene rings is 1. The minimum atomic E-state index is -0.351. The molecule has 0 spiro atoms. The van der Waals surface area contributed by atoms with Gasteiger partial charge < -0.3 is 10.0 Å². The number of nitro benzene ring substituents is 1. The number of thiazole rings is 1. The Kier molecular flexibility index (Phi) is 3.31. The highest BCUT2D eigenvalue weighted by atomic mass is 32.1. The average Bonchev–Trinajstić information content (AvgIpc) is 3.00. The lowest BCUT2D eigenvalue weighted by molar-refractivity contribution is -0.384.